The van der Waals surface area contributed by atoms with E-state index in [-0.39, 0.29) is 28.0 Å². The third kappa shape index (κ3) is 3.57. The normalized spacial score (nSPS) is 17.7. The smallest absolute Gasteiger partial charge is 0.274 e. The van der Waals surface area contributed by atoms with Crippen molar-refractivity contribution in [3.63, 3.8) is 0 Å². The van der Waals surface area contributed by atoms with Crippen molar-refractivity contribution in [3.8, 4) is 5.75 Å². The summed E-state index contributed by atoms with van der Waals surface area (Å²) in [6.45, 7) is 3.48. The molecular weight excluding hydrogens is 461 g/mol. The quantitative estimate of drug-likeness (QED) is 0.451. The van der Waals surface area contributed by atoms with E-state index in [0.29, 0.717) is 34.4 Å². The van der Waals surface area contributed by atoms with Gasteiger partial charge in [0.1, 0.15) is 12.1 Å². The number of fused-ring (bicyclic) bond motifs is 2. The zero-order chi connectivity index (χ0) is 23.4. The molecule has 0 amide bonds. The van der Waals surface area contributed by atoms with Crippen LogP contribution in [-0.4, -0.2) is 61.6 Å². The van der Waals surface area contributed by atoms with Gasteiger partial charge in [0.2, 0.25) is 0 Å². The lowest BCUT2D eigenvalue weighted by molar-refractivity contribution is -0.117. The van der Waals surface area contributed by atoms with E-state index in [1.807, 2.05) is 12.1 Å². The Morgan fingerprint density at radius 1 is 1.32 bits per heavy atom. The predicted molar refractivity (Wildman–Crippen MR) is 126 cm³/mol. The third-order valence-corrected chi connectivity index (χ3v) is 7.12. The van der Waals surface area contributed by atoms with E-state index in [2.05, 4.69) is 25.5 Å². The van der Waals surface area contributed by atoms with Crippen molar-refractivity contribution in [1.82, 2.24) is 29.3 Å². The topological polar surface area (TPSA) is 89.6 Å². The second-order valence-electron chi connectivity index (χ2n) is 9.32. The molecule has 1 aliphatic carbocycles. The standard InChI is InChI=1S/C23H23ClFN7O2/c1-30-22(33)15-3-2-4-18(20(15)21(24)29-30)34-14-8-23(9-14)11-31(12-23)6-5-26-17-7-19-28-27-13-32(19)10-16(17)25/h2-4,7,10,13-14,26H,5-6,8-9,11-12H2,1H3. The summed E-state index contributed by atoms with van der Waals surface area (Å²) in [6, 6.07) is 7.06. The van der Waals surface area contributed by atoms with Crippen molar-refractivity contribution in [2.24, 2.45) is 12.5 Å². The summed E-state index contributed by atoms with van der Waals surface area (Å²) in [5.41, 5.74) is 1.13. The molecule has 0 atom stereocenters. The van der Waals surface area contributed by atoms with E-state index >= 15 is 0 Å². The fraction of sp³-hybridized carbons (Fsp3) is 0.391. The van der Waals surface area contributed by atoms with Crippen molar-refractivity contribution >= 4 is 33.7 Å². The summed E-state index contributed by atoms with van der Waals surface area (Å²) in [6.07, 6.45) is 4.87. The van der Waals surface area contributed by atoms with Gasteiger partial charge in [-0.3, -0.25) is 9.20 Å². The molecule has 4 heterocycles. The van der Waals surface area contributed by atoms with Crippen LogP contribution in [0.25, 0.3) is 16.4 Å². The first-order valence-electron chi connectivity index (χ1n) is 11.2. The Morgan fingerprint density at radius 2 is 2.15 bits per heavy atom. The molecule has 2 fully saturated rings. The van der Waals surface area contributed by atoms with Crippen LogP contribution in [0.3, 0.4) is 0 Å². The molecule has 4 aromatic rings. The van der Waals surface area contributed by atoms with Crippen molar-refractivity contribution < 1.29 is 9.13 Å². The molecular formula is C23H23ClFN7O2. The van der Waals surface area contributed by atoms with Gasteiger partial charge in [-0.2, -0.15) is 5.10 Å². The summed E-state index contributed by atoms with van der Waals surface area (Å²) in [5, 5.41) is 16.3. The zero-order valence-corrected chi connectivity index (χ0v) is 19.3. The number of halogens is 2. The first-order valence-corrected chi connectivity index (χ1v) is 11.6. The Morgan fingerprint density at radius 3 is 2.97 bits per heavy atom. The summed E-state index contributed by atoms with van der Waals surface area (Å²) >= 11 is 6.33. The highest BCUT2D eigenvalue weighted by Crippen LogP contribution is 2.50. The molecule has 0 radical (unpaired) electrons. The maximum Gasteiger partial charge on any atom is 0.274 e. The third-order valence-electron chi connectivity index (χ3n) is 6.86. The second-order valence-corrected chi connectivity index (χ2v) is 9.67. The van der Waals surface area contributed by atoms with Crippen LogP contribution in [0.1, 0.15) is 12.8 Å². The minimum absolute atomic E-state index is 0.0926. The van der Waals surface area contributed by atoms with Crippen LogP contribution in [0.15, 0.2) is 41.6 Å². The Hall–Kier alpha value is -3.24. The number of benzene rings is 1. The van der Waals surface area contributed by atoms with Crippen LogP contribution >= 0.6 is 11.6 Å². The molecule has 2 aliphatic rings. The Bertz CT molecular complexity index is 1460. The van der Waals surface area contributed by atoms with Crippen molar-refractivity contribution in [2.45, 2.75) is 18.9 Å². The SMILES string of the molecule is Cn1nc(Cl)c2c(OC3CC4(C3)CN(CCNc3cc5nncn5cc3F)C4)cccc2c1=O. The molecule has 1 spiro atoms. The number of aryl methyl sites for hydroxylation is 1. The van der Waals surface area contributed by atoms with E-state index < -0.39 is 0 Å². The van der Waals surface area contributed by atoms with Crippen molar-refractivity contribution in [2.75, 3.05) is 31.5 Å². The van der Waals surface area contributed by atoms with Crippen LogP contribution in [0.4, 0.5) is 10.1 Å². The monoisotopic (exact) mass is 483 g/mol. The number of anilines is 1. The van der Waals surface area contributed by atoms with Gasteiger partial charge >= 0.3 is 0 Å². The molecule has 0 bridgehead atoms. The molecule has 1 saturated heterocycles. The van der Waals surface area contributed by atoms with Crippen LogP contribution < -0.4 is 15.6 Å². The lowest BCUT2D eigenvalue weighted by Gasteiger charge is -2.58. The number of hydrogen-bond acceptors (Lipinski definition) is 7. The number of nitrogens with zero attached hydrogens (tertiary/aromatic N) is 6. The minimum Gasteiger partial charge on any atom is -0.490 e. The lowest BCUT2D eigenvalue weighted by atomic mass is 9.62. The van der Waals surface area contributed by atoms with Gasteiger partial charge in [0.05, 0.1) is 22.6 Å². The molecule has 3 aromatic heterocycles. The van der Waals surface area contributed by atoms with E-state index in [1.54, 1.807) is 23.6 Å². The minimum atomic E-state index is -0.326. The van der Waals surface area contributed by atoms with Crippen LogP contribution in [0.2, 0.25) is 5.15 Å². The number of pyridine rings is 1. The average molecular weight is 484 g/mol. The maximum atomic E-state index is 14.2. The van der Waals surface area contributed by atoms with Crippen LogP contribution in [0.5, 0.6) is 5.75 Å². The fourth-order valence-corrected chi connectivity index (χ4v) is 5.55. The summed E-state index contributed by atoms with van der Waals surface area (Å²) in [7, 11) is 1.58. The molecule has 6 rings (SSSR count). The van der Waals surface area contributed by atoms with E-state index in [0.717, 1.165) is 32.5 Å². The number of hydrogen-bond donors (Lipinski definition) is 1. The zero-order valence-electron chi connectivity index (χ0n) is 18.5. The molecule has 1 saturated carbocycles. The van der Waals surface area contributed by atoms with Crippen molar-refractivity contribution in [1.29, 1.82) is 0 Å². The van der Waals surface area contributed by atoms with Gasteiger partial charge in [-0.1, -0.05) is 17.7 Å². The average Bonchev–Trinajstić information content (AvgIpc) is 3.21. The number of aromatic nitrogens is 5. The molecule has 0 unspecified atom stereocenters. The molecule has 1 aliphatic heterocycles. The van der Waals surface area contributed by atoms with Gasteiger partial charge in [0.25, 0.3) is 5.56 Å². The van der Waals surface area contributed by atoms with E-state index in [1.165, 1.54) is 17.2 Å². The van der Waals surface area contributed by atoms with Gasteiger partial charge in [0.15, 0.2) is 16.6 Å². The van der Waals surface area contributed by atoms with Crippen molar-refractivity contribution in [3.05, 3.63) is 58.1 Å². The van der Waals surface area contributed by atoms with Crippen LogP contribution in [-0.2, 0) is 7.05 Å². The molecule has 34 heavy (non-hydrogen) atoms. The Balaban J connectivity index is 1.02. The van der Waals surface area contributed by atoms with Gasteiger partial charge in [-0.25, -0.2) is 9.07 Å². The van der Waals surface area contributed by atoms with Gasteiger partial charge < -0.3 is 15.0 Å². The lowest BCUT2D eigenvalue weighted by Crippen LogP contribution is -2.65. The van der Waals surface area contributed by atoms with Gasteiger partial charge in [0, 0.05) is 50.9 Å². The molecule has 1 aromatic carbocycles. The van der Waals surface area contributed by atoms with Gasteiger partial charge in [-0.05, 0) is 25.0 Å². The summed E-state index contributed by atoms with van der Waals surface area (Å²) in [4.78, 5) is 14.7. The first-order chi connectivity index (χ1) is 16.4. The number of likely N-dealkylation sites (tertiary alicyclic amines) is 1. The van der Waals surface area contributed by atoms with Gasteiger partial charge in [-0.15, -0.1) is 10.2 Å². The van der Waals surface area contributed by atoms with E-state index in [4.69, 9.17) is 16.3 Å². The predicted octanol–water partition coefficient (Wildman–Crippen LogP) is 2.72. The maximum absolute atomic E-state index is 14.2. The highest BCUT2D eigenvalue weighted by atomic mass is 35.5. The number of ether oxygens (including phenoxy) is 1. The summed E-state index contributed by atoms with van der Waals surface area (Å²) < 4.78 is 23.2. The van der Waals surface area contributed by atoms with Crippen LogP contribution in [0, 0.1) is 11.2 Å². The highest BCUT2D eigenvalue weighted by Gasteiger charge is 2.53. The second kappa shape index (κ2) is 7.92. The highest BCUT2D eigenvalue weighted by molar-refractivity contribution is 6.34. The number of rotatable bonds is 6. The fourth-order valence-electron chi connectivity index (χ4n) is 5.24. The summed E-state index contributed by atoms with van der Waals surface area (Å²) in [5.74, 6) is 0.285. The Labute approximate surface area is 199 Å². The molecule has 11 heteroatoms. The number of nitrogens with one attached hydrogen (secondary N) is 1. The largest absolute Gasteiger partial charge is 0.490 e. The molecule has 176 valence electrons. The first kappa shape index (κ1) is 21.3. The van der Waals surface area contributed by atoms with E-state index in [9.17, 15) is 9.18 Å². The molecule has 1 N–H and O–H groups in total. The molecule has 9 nitrogen and oxygen atoms in total. The Kier molecular flexibility index (Phi) is 4.96.